The molecular formula is C31H26N2O9. The lowest BCUT2D eigenvalue weighted by atomic mass is 9.65. The quantitative estimate of drug-likeness (QED) is 0.269. The first-order chi connectivity index (χ1) is 20.1. The third kappa shape index (κ3) is 5.01. The van der Waals surface area contributed by atoms with Gasteiger partial charge in [0.2, 0.25) is 0 Å². The van der Waals surface area contributed by atoms with Crippen molar-refractivity contribution in [1.82, 2.24) is 9.55 Å². The van der Waals surface area contributed by atoms with E-state index in [1.54, 1.807) is 73.7 Å². The maximum atomic E-state index is 13.1. The van der Waals surface area contributed by atoms with Crippen LogP contribution in [-0.4, -0.2) is 50.4 Å². The molecule has 0 spiro atoms. The fraction of sp³-hybridized carbons (Fsp3) is 0.194. The molecular weight excluding hydrogens is 544 g/mol. The number of benzene rings is 3. The van der Waals surface area contributed by atoms with E-state index in [2.05, 4.69) is 4.98 Å². The molecule has 3 N–H and O–H groups in total. The van der Waals surface area contributed by atoms with Gasteiger partial charge in [0.15, 0.2) is 0 Å². The molecule has 0 aliphatic carbocycles. The molecule has 2 heterocycles. The van der Waals surface area contributed by atoms with E-state index < -0.39 is 52.8 Å². The Labute approximate surface area is 238 Å². The van der Waals surface area contributed by atoms with E-state index in [4.69, 9.17) is 9.47 Å². The number of aromatic carboxylic acids is 2. The Bertz CT molecular complexity index is 1780. The van der Waals surface area contributed by atoms with Crippen molar-refractivity contribution in [3.05, 3.63) is 140 Å². The van der Waals surface area contributed by atoms with Crippen molar-refractivity contribution in [2.45, 2.75) is 30.6 Å². The van der Waals surface area contributed by atoms with Gasteiger partial charge in [-0.05, 0) is 35.4 Å². The molecule has 0 radical (unpaired) electrons. The Kier molecular flexibility index (Phi) is 7.60. The van der Waals surface area contributed by atoms with Gasteiger partial charge in [0.05, 0.1) is 16.7 Å². The number of carboxylic acid groups (broad SMARTS) is 2. The highest BCUT2D eigenvalue weighted by Gasteiger charge is 2.58. The first-order valence-electron chi connectivity index (χ1n) is 13.0. The monoisotopic (exact) mass is 570 g/mol. The third-order valence-corrected chi connectivity index (χ3v) is 7.59. The van der Waals surface area contributed by atoms with Gasteiger partial charge >= 0.3 is 23.6 Å². The number of hydrogen-bond donors (Lipinski definition) is 3. The zero-order valence-electron chi connectivity index (χ0n) is 22.3. The number of carbonyl (C=O) groups is 3. The van der Waals surface area contributed by atoms with Crippen molar-refractivity contribution in [2.24, 2.45) is 0 Å². The minimum Gasteiger partial charge on any atom is -0.478 e. The average Bonchev–Trinajstić information content (AvgIpc) is 3.28. The topological polar surface area (TPSA) is 165 Å². The maximum absolute atomic E-state index is 13.1. The van der Waals surface area contributed by atoms with Crippen LogP contribution in [0.15, 0.2) is 101 Å². The van der Waals surface area contributed by atoms with E-state index in [-0.39, 0.29) is 34.4 Å². The summed E-state index contributed by atoms with van der Waals surface area (Å²) < 4.78 is 13.2. The van der Waals surface area contributed by atoms with Gasteiger partial charge in [-0.2, -0.15) is 0 Å². The molecule has 5 rings (SSSR count). The molecule has 1 aliphatic heterocycles. The van der Waals surface area contributed by atoms with Crippen LogP contribution in [0, 0.1) is 0 Å². The Morgan fingerprint density at radius 2 is 1.50 bits per heavy atom. The molecule has 0 saturated carbocycles. The number of aromatic amines is 1. The van der Waals surface area contributed by atoms with Crippen molar-refractivity contribution in [3.63, 3.8) is 0 Å². The van der Waals surface area contributed by atoms with Gasteiger partial charge in [0.25, 0.3) is 5.56 Å². The van der Waals surface area contributed by atoms with Gasteiger partial charge in [-0.15, -0.1) is 0 Å². The zero-order valence-corrected chi connectivity index (χ0v) is 22.3. The standard InChI is InChI=1S/C31H26N2O9/c1-31(22-14-8-7-13-21(22)27(37)38)25(19-11-5-6-12-20(19)26(35)36)23(17-41-28(39)18-9-3-2-4-10-18)42-29(31)33-16-15-24(34)32-30(33)40/h2-16,23,25,29H,17H2,1H3,(H,35,36)(H,37,38)(H,32,34,40)/t23-,25-,29+,31-/m0/s1. The van der Waals surface area contributed by atoms with Crippen LogP contribution in [0.1, 0.15) is 61.3 Å². The number of esters is 1. The number of ether oxygens (including phenoxy) is 2. The van der Waals surface area contributed by atoms with Crippen molar-refractivity contribution in [3.8, 4) is 0 Å². The molecule has 11 nitrogen and oxygen atoms in total. The second-order valence-corrected chi connectivity index (χ2v) is 10.0. The number of carbonyl (C=O) groups excluding carboxylic acids is 1. The first-order valence-corrected chi connectivity index (χ1v) is 13.0. The highest BCUT2D eigenvalue weighted by molar-refractivity contribution is 5.91. The SMILES string of the molecule is C[C@]1(c2ccccc2C(=O)O)[C@@H](c2ccccc2C(=O)O)[C@H](COC(=O)c2ccccc2)O[C@H]1n1ccc(=O)[nH]c1=O. The number of hydrogen-bond acceptors (Lipinski definition) is 7. The largest absolute Gasteiger partial charge is 0.478 e. The van der Waals surface area contributed by atoms with E-state index >= 15 is 0 Å². The molecule has 1 fully saturated rings. The van der Waals surface area contributed by atoms with E-state index in [1.807, 2.05) is 0 Å². The Morgan fingerprint density at radius 3 is 2.17 bits per heavy atom. The molecule has 1 aliphatic rings. The summed E-state index contributed by atoms with van der Waals surface area (Å²) >= 11 is 0. The Balaban J connectivity index is 1.74. The molecule has 1 aromatic heterocycles. The van der Waals surface area contributed by atoms with E-state index in [0.29, 0.717) is 0 Å². The summed E-state index contributed by atoms with van der Waals surface area (Å²) in [6.45, 7) is 1.31. The predicted octanol–water partition coefficient (Wildman–Crippen LogP) is 3.43. The Morgan fingerprint density at radius 1 is 0.881 bits per heavy atom. The molecule has 42 heavy (non-hydrogen) atoms. The average molecular weight is 571 g/mol. The number of carboxylic acids is 2. The van der Waals surface area contributed by atoms with Crippen molar-refractivity contribution < 1.29 is 34.1 Å². The lowest BCUT2D eigenvalue weighted by Gasteiger charge is -2.38. The fourth-order valence-corrected chi connectivity index (χ4v) is 5.77. The molecule has 0 unspecified atom stereocenters. The van der Waals surface area contributed by atoms with E-state index in [1.165, 1.54) is 18.3 Å². The highest BCUT2D eigenvalue weighted by Crippen LogP contribution is 2.56. The van der Waals surface area contributed by atoms with E-state index in [0.717, 1.165) is 10.6 Å². The van der Waals surface area contributed by atoms with Crippen LogP contribution in [-0.2, 0) is 14.9 Å². The van der Waals surface area contributed by atoms with E-state index in [9.17, 15) is 34.2 Å². The summed E-state index contributed by atoms with van der Waals surface area (Å²) in [5.74, 6) is -4.08. The summed E-state index contributed by atoms with van der Waals surface area (Å²) in [5.41, 5.74) is -2.25. The second-order valence-electron chi connectivity index (χ2n) is 10.0. The summed E-state index contributed by atoms with van der Waals surface area (Å²) in [4.78, 5) is 64.9. The summed E-state index contributed by atoms with van der Waals surface area (Å²) in [6, 6.07) is 21.7. The third-order valence-electron chi connectivity index (χ3n) is 7.59. The van der Waals surface area contributed by atoms with Crippen LogP contribution >= 0.6 is 0 Å². The van der Waals surface area contributed by atoms with Crippen LogP contribution in [0.5, 0.6) is 0 Å². The zero-order chi connectivity index (χ0) is 30.0. The number of rotatable bonds is 8. The molecule has 0 bridgehead atoms. The molecule has 3 aromatic carbocycles. The number of nitrogens with zero attached hydrogens (tertiary/aromatic N) is 1. The smallest absolute Gasteiger partial charge is 0.338 e. The summed E-state index contributed by atoms with van der Waals surface area (Å²) in [6.07, 6.45) is -1.07. The van der Waals surface area contributed by atoms with Crippen molar-refractivity contribution >= 4 is 17.9 Å². The number of H-pyrrole nitrogens is 1. The molecule has 4 atom stereocenters. The maximum Gasteiger partial charge on any atom is 0.338 e. The fourth-order valence-electron chi connectivity index (χ4n) is 5.77. The van der Waals surface area contributed by atoms with Crippen LogP contribution in [0.2, 0.25) is 0 Å². The Hall–Kier alpha value is -5.29. The summed E-state index contributed by atoms with van der Waals surface area (Å²) in [7, 11) is 0. The van der Waals surface area contributed by atoms with Crippen molar-refractivity contribution in [2.75, 3.05) is 6.61 Å². The minimum absolute atomic E-state index is 0.0704. The minimum atomic E-state index is -1.44. The van der Waals surface area contributed by atoms with Crippen molar-refractivity contribution in [1.29, 1.82) is 0 Å². The molecule has 4 aromatic rings. The second kappa shape index (κ2) is 11.3. The molecule has 1 saturated heterocycles. The van der Waals surface area contributed by atoms with Crippen LogP contribution in [0.3, 0.4) is 0 Å². The highest BCUT2D eigenvalue weighted by atomic mass is 16.6. The van der Waals surface area contributed by atoms with Gasteiger partial charge in [0, 0.05) is 23.6 Å². The van der Waals surface area contributed by atoms with Crippen LogP contribution in [0.4, 0.5) is 0 Å². The molecule has 214 valence electrons. The normalized spacial score (nSPS) is 21.5. The van der Waals surface area contributed by atoms with Gasteiger partial charge < -0.3 is 19.7 Å². The van der Waals surface area contributed by atoms with Gasteiger partial charge in [-0.3, -0.25) is 14.3 Å². The van der Waals surface area contributed by atoms with Gasteiger partial charge in [-0.25, -0.2) is 19.2 Å². The lowest BCUT2D eigenvalue weighted by Crippen LogP contribution is -2.42. The van der Waals surface area contributed by atoms with Crippen LogP contribution < -0.4 is 11.2 Å². The molecule has 11 heteroatoms. The van der Waals surface area contributed by atoms with Crippen LogP contribution in [0.25, 0.3) is 0 Å². The lowest BCUT2D eigenvalue weighted by molar-refractivity contribution is -0.0468. The first kappa shape index (κ1) is 28.2. The van der Waals surface area contributed by atoms with Gasteiger partial charge in [-0.1, -0.05) is 61.5 Å². The number of nitrogens with one attached hydrogen (secondary N) is 1. The summed E-state index contributed by atoms with van der Waals surface area (Å²) in [5, 5.41) is 20.2. The predicted molar refractivity (Wildman–Crippen MR) is 149 cm³/mol. The number of aromatic nitrogens is 2. The van der Waals surface area contributed by atoms with Gasteiger partial charge in [0.1, 0.15) is 18.9 Å². The molecule has 0 amide bonds.